The van der Waals surface area contributed by atoms with Gasteiger partial charge in [0.15, 0.2) is 0 Å². The van der Waals surface area contributed by atoms with Crippen molar-refractivity contribution in [3.8, 4) is 5.75 Å². The first-order chi connectivity index (χ1) is 12.6. The molecule has 0 saturated carbocycles. The van der Waals surface area contributed by atoms with E-state index in [4.69, 9.17) is 4.74 Å². The second-order valence-corrected chi connectivity index (χ2v) is 6.53. The van der Waals surface area contributed by atoms with Gasteiger partial charge in [-0.2, -0.15) is 0 Å². The van der Waals surface area contributed by atoms with Crippen LogP contribution in [0.2, 0.25) is 0 Å². The first-order valence-corrected chi connectivity index (χ1v) is 8.66. The van der Waals surface area contributed by atoms with Crippen LogP contribution < -0.4 is 10.1 Å². The summed E-state index contributed by atoms with van der Waals surface area (Å²) in [5.41, 5.74) is 1.78. The molecule has 0 aliphatic rings. The number of carbonyl (C=O) groups excluding carboxylic acids is 1. The van der Waals surface area contributed by atoms with Crippen LogP contribution >= 0.6 is 0 Å². The zero-order chi connectivity index (χ0) is 18.5. The van der Waals surface area contributed by atoms with E-state index in [1.54, 1.807) is 7.11 Å². The molecule has 0 spiro atoms. The van der Waals surface area contributed by atoms with Gasteiger partial charge in [-0.15, -0.1) is 0 Å². The Labute approximate surface area is 154 Å². The fourth-order valence-corrected chi connectivity index (χ4v) is 3.07. The smallest absolute Gasteiger partial charge is 0.251 e. The molecule has 0 saturated heterocycles. The van der Waals surface area contributed by atoms with E-state index in [-0.39, 0.29) is 11.9 Å². The van der Waals surface area contributed by atoms with E-state index in [9.17, 15) is 4.79 Å². The molecule has 3 aromatic rings. The fourth-order valence-electron chi connectivity index (χ4n) is 3.07. The molecular formula is C22H24N2O2. The Morgan fingerprint density at radius 1 is 1.00 bits per heavy atom. The van der Waals surface area contributed by atoms with Crippen LogP contribution in [0.25, 0.3) is 10.8 Å². The van der Waals surface area contributed by atoms with Crippen LogP contribution in [-0.4, -0.2) is 38.6 Å². The molecule has 134 valence electrons. The molecule has 0 heterocycles. The third kappa shape index (κ3) is 4.03. The number of amides is 1. The first-order valence-electron chi connectivity index (χ1n) is 8.66. The Bertz CT molecular complexity index is 905. The van der Waals surface area contributed by atoms with Crippen LogP contribution in [0.4, 0.5) is 0 Å². The van der Waals surface area contributed by atoms with E-state index in [2.05, 4.69) is 16.3 Å². The molecule has 3 rings (SSSR count). The van der Waals surface area contributed by atoms with Crippen molar-refractivity contribution in [2.24, 2.45) is 0 Å². The van der Waals surface area contributed by atoms with Gasteiger partial charge in [0, 0.05) is 12.1 Å². The SMILES string of the molecule is COc1cccc([C@@H](CNC(=O)c2ccc3ccccc3c2)N(C)C)c1. The number of nitrogens with one attached hydrogen (secondary N) is 1. The minimum absolute atomic E-state index is 0.0644. The van der Waals surface area contributed by atoms with Crippen molar-refractivity contribution in [3.63, 3.8) is 0 Å². The number of hydrogen-bond acceptors (Lipinski definition) is 3. The molecule has 0 aromatic heterocycles. The highest BCUT2D eigenvalue weighted by molar-refractivity contribution is 5.98. The van der Waals surface area contributed by atoms with Gasteiger partial charge in [-0.3, -0.25) is 4.79 Å². The number of nitrogens with zero attached hydrogens (tertiary/aromatic N) is 1. The lowest BCUT2D eigenvalue weighted by Gasteiger charge is -2.25. The summed E-state index contributed by atoms with van der Waals surface area (Å²) in [4.78, 5) is 14.7. The van der Waals surface area contributed by atoms with Gasteiger partial charge in [0.05, 0.1) is 13.2 Å². The Balaban J connectivity index is 1.74. The van der Waals surface area contributed by atoms with Gasteiger partial charge in [-0.1, -0.05) is 42.5 Å². The second-order valence-electron chi connectivity index (χ2n) is 6.53. The number of likely N-dealkylation sites (N-methyl/N-ethyl adjacent to an activating group) is 1. The van der Waals surface area contributed by atoms with E-state index in [0.29, 0.717) is 12.1 Å². The minimum Gasteiger partial charge on any atom is -0.497 e. The van der Waals surface area contributed by atoms with Crippen LogP contribution in [0.1, 0.15) is 22.0 Å². The number of benzene rings is 3. The summed E-state index contributed by atoms with van der Waals surface area (Å²) < 4.78 is 5.31. The molecule has 1 N–H and O–H groups in total. The first kappa shape index (κ1) is 18.0. The Morgan fingerprint density at radius 3 is 2.50 bits per heavy atom. The Kier molecular flexibility index (Phi) is 5.54. The number of rotatable bonds is 6. The van der Waals surface area contributed by atoms with Crippen molar-refractivity contribution in [3.05, 3.63) is 77.9 Å². The maximum atomic E-state index is 12.6. The predicted molar refractivity (Wildman–Crippen MR) is 106 cm³/mol. The number of methoxy groups -OCH3 is 1. The van der Waals surface area contributed by atoms with Crippen molar-refractivity contribution in [2.75, 3.05) is 27.7 Å². The summed E-state index contributed by atoms with van der Waals surface area (Å²) in [7, 11) is 5.67. The standard InChI is InChI=1S/C22H24N2O2/c1-24(2)21(18-9-6-10-20(14-18)26-3)15-23-22(25)19-12-11-16-7-4-5-8-17(16)13-19/h4-14,21H,15H2,1-3H3,(H,23,25)/t21-/m1/s1. The quantitative estimate of drug-likeness (QED) is 0.735. The third-order valence-corrected chi connectivity index (χ3v) is 4.57. The van der Waals surface area contributed by atoms with Crippen LogP contribution in [0.15, 0.2) is 66.7 Å². The van der Waals surface area contributed by atoms with Gasteiger partial charge in [0.25, 0.3) is 5.91 Å². The zero-order valence-electron chi connectivity index (χ0n) is 15.4. The molecule has 1 atom stereocenters. The van der Waals surface area contributed by atoms with Gasteiger partial charge in [0.1, 0.15) is 5.75 Å². The topological polar surface area (TPSA) is 41.6 Å². The van der Waals surface area contributed by atoms with Crippen LogP contribution in [0, 0.1) is 0 Å². The summed E-state index contributed by atoms with van der Waals surface area (Å²) >= 11 is 0. The molecular weight excluding hydrogens is 324 g/mol. The van der Waals surface area contributed by atoms with Crippen molar-refractivity contribution >= 4 is 16.7 Å². The molecule has 0 aliphatic carbocycles. The molecule has 0 bridgehead atoms. The van der Waals surface area contributed by atoms with Gasteiger partial charge in [0.2, 0.25) is 0 Å². The lowest BCUT2D eigenvalue weighted by Crippen LogP contribution is -2.34. The van der Waals surface area contributed by atoms with E-state index in [1.165, 1.54) is 0 Å². The number of hydrogen-bond donors (Lipinski definition) is 1. The maximum Gasteiger partial charge on any atom is 0.251 e. The molecule has 3 aromatic carbocycles. The fraction of sp³-hybridized carbons (Fsp3) is 0.227. The zero-order valence-corrected chi connectivity index (χ0v) is 15.4. The lowest BCUT2D eigenvalue weighted by molar-refractivity contribution is 0.0942. The van der Waals surface area contributed by atoms with Gasteiger partial charge >= 0.3 is 0 Å². The van der Waals surface area contributed by atoms with Crippen LogP contribution in [0.5, 0.6) is 5.75 Å². The molecule has 0 unspecified atom stereocenters. The largest absolute Gasteiger partial charge is 0.497 e. The van der Waals surface area contributed by atoms with Gasteiger partial charge < -0.3 is 15.0 Å². The van der Waals surface area contributed by atoms with E-state index in [1.807, 2.05) is 74.8 Å². The molecule has 4 heteroatoms. The number of ether oxygens (including phenoxy) is 1. The van der Waals surface area contributed by atoms with Gasteiger partial charge in [-0.25, -0.2) is 0 Å². The van der Waals surface area contributed by atoms with E-state index in [0.717, 1.165) is 22.1 Å². The molecule has 0 aliphatic heterocycles. The average Bonchev–Trinajstić information content (AvgIpc) is 2.67. The van der Waals surface area contributed by atoms with E-state index >= 15 is 0 Å². The highest BCUT2D eigenvalue weighted by Crippen LogP contribution is 2.22. The molecule has 1 amide bonds. The highest BCUT2D eigenvalue weighted by atomic mass is 16.5. The number of carbonyl (C=O) groups is 1. The summed E-state index contributed by atoms with van der Waals surface area (Å²) in [6.07, 6.45) is 0. The van der Waals surface area contributed by atoms with Crippen molar-refractivity contribution < 1.29 is 9.53 Å². The van der Waals surface area contributed by atoms with Crippen LogP contribution in [-0.2, 0) is 0 Å². The van der Waals surface area contributed by atoms with Crippen molar-refractivity contribution in [1.82, 2.24) is 10.2 Å². The summed E-state index contributed by atoms with van der Waals surface area (Å²) in [5.74, 6) is 0.751. The predicted octanol–water partition coefficient (Wildman–Crippen LogP) is 3.88. The molecule has 26 heavy (non-hydrogen) atoms. The number of fused-ring (bicyclic) bond motifs is 1. The summed E-state index contributed by atoms with van der Waals surface area (Å²) in [6.45, 7) is 0.520. The Morgan fingerprint density at radius 2 is 1.77 bits per heavy atom. The van der Waals surface area contributed by atoms with Crippen LogP contribution in [0.3, 0.4) is 0 Å². The minimum atomic E-state index is -0.0644. The normalized spacial score (nSPS) is 12.2. The average molecular weight is 348 g/mol. The monoisotopic (exact) mass is 348 g/mol. The molecule has 0 radical (unpaired) electrons. The second kappa shape index (κ2) is 8.02. The summed E-state index contributed by atoms with van der Waals surface area (Å²) in [6, 6.07) is 21.8. The molecule has 0 fully saturated rings. The van der Waals surface area contributed by atoms with Gasteiger partial charge in [-0.05, 0) is 54.7 Å². The lowest BCUT2D eigenvalue weighted by atomic mass is 10.0. The van der Waals surface area contributed by atoms with E-state index < -0.39 is 0 Å². The highest BCUT2D eigenvalue weighted by Gasteiger charge is 2.16. The maximum absolute atomic E-state index is 12.6. The van der Waals surface area contributed by atoms with Crippen molar-refractivity contribution in [2.45, 2.75) is 6.04 Å². The molecule has 4 nitrogen and oxygen atoms in total. The van der Waals surface area contributed by atoms with Crippen molar-refractivity contribution in [1.29, 1.82) is 0 Å². The Hall–Kier alpha value is -2.85. The summed E-state index contributed by atoms with van der Waals surface area (Å²) in [5, 5.41) is 5.26. The third-order valence-electron chi connectivity index (χ3n) is 4.57.